The molecule has 2 heterocycles. The molecule has 0 unspecified atom stereocenters. The van der Waals surface area contributed by atoms with Crippen molar-refractivity contribution in [2.75, 3.05) is 36.6 Å². The Morgan fingerprint density at radius 1 is 1.29 bits per heavy atom. The van der Waals surface area contributed by atoms with Crippen molar-refractivity contribution in [2.24, 2.45) is 5.10 Å². The second-order valence-corrected chi connectivity index (χ2v) is 6.28. The average molecular weight is 392 g/mol. The molecule has 0 saturated carbocycles. The lowest BCUT2D eigenvalue weighted by molar-refractivity contribution is 0.122. The molecule has 2 aromatic rings. The molecule has 0 radical (unpaired) electrons. The van der Waals surface area contributed by atoms with Crippen molar-refractivity contribution < 1.29 is 9.84 Å². The standard InChI is InChI=1S/C16H18BrN5O2/c1-11-8-15(20-16(19-11)22-4-6-24-7-5-22)21-18-10-12-9-13(17)2-3-14(12)23/h2-3,8-10,23H,4-7H2,1H3,(H,19,20,21)/b18-10-. The molecule has 2 N–H and O–H groups in total. The first kappa shape index (κ1) is 16.7. The minimum Gasteiger partial charge on any atom is -0.507 e. The molecule has 1 fully saturated rings. The summed E-state index contributed by atoms with van der Waals surface area (Å²) in [6.07, 6.45) is 1.55. The fraction of sp³-hybridized carbons (Fsp3) is 0.312. The van der Waals surface area contributed by atoms with Crippen LogP contribution in [0.1, 0.15) is 11.3 Å². The quantitative estimate of drug-likeness (QED) is 0.615. The van der Waals surface area contributed by atoms with Crippen molar-refractivity contribution in [3.8, 4) is 5.75 Å². The van der Waals surface area contributed by atoms with E-state index in [1.54, 1.807) is 24.4 Å². The summed E-state index contributed by atoms with van der Waals surface area (Å²) < 4.78 is 6.22. The minimum absolute atomic E-state index is 0.164. The zero-order valence-corrected chi connectivity index (χ0v) is 14.8. The van der Waals surface area contributed by atoms with Gasteiger partial charge in [0.05, 0.1) is 19.4 Å². The van der Waals surface area contributed by atoms with Gasteiger partial charge in [0, 0.05) is 34.9 Å². The van der Waals surface area contributed by atoms with E-state index < -0.39 is 0 Å². The maximum atomic E-state index is 9.81. The van der Waals surface area contributed by atoms with Gasteiger partial charge in [0.15, 0.2) is 5.82 Å². The number of phenolic OH excluding ortho intramolecular Hbond substituents is 1. The zero-order valence-electron chi connectivity index (χ0n) is 13.2. The molecular formula is C16H18BrN5O2. The van der Waals surface area contributed by atoms with E-state index in [2.05, 4.69) is 41.3 Å². The molecule has 3 rings (SSSR count). The first-order valence-corrected chi connectivity index (χ1v) is 8.37. The number of aryl methyl sites for hydroxylation is 1. The number of ether oxygens (including phenoxy) is 1. The second-order valence-electron chi connectivity index (χ2n) is 5.37. The Morgan fingerprint density at radius 3 is 2.88 bits per heavy atom. The van der Waals surface area contributed by atoms with Crippen LogP contribution in [0.2, 0.25) is 0 Å². The third-order valence-electron chi connectivity index (χ3n) is 3.51. The molecule has 0 atom stereocenters. The Labute approximate surface area is 148 Å². The van der Waals surface area contributed by atoms with Gasteiger partial charge in [-0.25, -0.2) is 4.98 Å². The van der Waals surface area contributed by atoms with Crippen LogP contribution in [0, 0.1) is 6.92 Å². The fourth-order valence-electron chi connectivity index (χ4n) is 2.31. The fourth-order valence-corrected chi connectivity index (χ4v) is 2.69. The second kappa shape index (κ2) is 7.59. The molecule has 0 bridgehead atoms. The highest BCUT2D eigenvalue weighted by molar-refractivity contribution is 9.10. The van der Waals surface area contributed by atoms with Crippen LogP contribution in [0.4, 0.5) is 11.8 Å². The average Bonchev–Trinajstić information content (AvgIpc) is 2.58. The van der Waals surface area contributed by atoms with Crippen molar-refractivity contribution >= 4 is 33.9 Å². The number of hydrogen-bond donors (Lipinski definition) is 2. The molecule has 0 aliphatic carbocycles. The van der Waals surface area contributed by atoms with Gasteiger partial charge >= 0.3 is 0 Å². The van der Waals surface area contributed by atoms with Crippen LogP contribution in [0.25, 0.3) is 0 Å². The van der Waals surface area contributed by atoms with Crippen LogP contribution in [0.3, 0.4) is 0 Å². The molecule has 1 aliphatic rings. The van der Waals surface area contributed by atoms with Gasteiger partial charge < -0.3 is 14.7 Å². The Balaban J connectivity index is 1.73. The van der Waals surface area contributed by atoms with E-state index in [9.17, 15) is 5.11 Å². The largest absolute Gasteiger partial charge is 0.507 e. The van der Waals surface area contributed by atoms with Crippen LogP contribution in [-0.2, 0) is 4.74 Å². The van der Waals surface area contributed by atoms with Crippen LogP contribution in [0.5, 0.6) is 5.75 Å². The molecule has 1 aliphatic heterocycles. The topological polar surface area (TPSA) is 82.9 Å². The number of anilines is 2. The summed E-state index contributed by atoms with van der Waals surface area (Å²) in [5.41, 5.74) is 4.36. The van der Waals surface area contributed by atoms with Gasteiger partial charge in [-0.05, 0) is 25.1 Å². The maximum Gasteiger partial charge on any atom is 0.227 e. The number of nitrogens with zero attached hydrogens (tertiary/aromatic N) is 4. The lowest BCUT2D eigenvalue weighted by atomic mass is 10.2. The Morgan fingerprint density at radius 2 is 2.08 bits per heavy atom. The predicted octanol–water partition coefficient (Wildman–Crippen LogP) is 2.54. The van der Waals surface area contributed by atoms with E-state index in [4.69, 9.17) is 4.74 Å². The van der Waals surface area contributed by atoms with Gasteiger partial charge in [-0.15, -0.1) is 0 Å². The van der Waals surface area contributed by atoms with E-state index in [1.165, 1.54) is 0 Å². The Hall–Kier alpha value is -2.19. The van der Waals surface area contributed by atoms with Gasteiger partial charge in [-0.3, -0.25) is 5.43 Å². The number of aromatic nitrogens is 2. The van der Waals surface area contributed by atoms with Crippen molar-refractivity contribution in [1.82, 2.24) is 9.97 Å². The number of benzene rings is 1. The number of halogens is 1. The van der Waals surface area contributed by atoms with Gasteiger partial charge in [0.1, 0.15) is 5.75 Å². The first-order valence-electron chi connectivity index (χ1n) is 7.58. The van der Waals surface area contributed by atoms with Crippen molar-refractivity contribution in [2.45, 2.75) is 6.92 Å². The van der Waals surface area contributed by atoms with Crippen LogP contribution in [0.15, 0.2) is 33.8 Å². The molecule has 7 nitrogen and oxygen atoms in total. The molecule has 0 spiro atoms. The summed E-state index contributed by atoms with van der Waals surface area (Å²) in [5, 5.41) is 14.0. The zero-order chi connectivity index (χ0) is 16.9. The van der Waals surface area contributed by atoms with Crippen LogP contribution in [-0.4, -0.2) is 47.6 Å². The predicted molar refractivity (Wildman–Crippen MR) is 96.8 cm³/mol. The first-order chi connectivity index (χ1) is 11.6. The van der Waals surface area contributed by atoms with E-state index in [0.29, 0.717) is 30.5 Å². The summed E-state index contributed by atoms with van der Waals surface area (Å²) in [6.45, 7) is 4.83. The van der Waals surface area contributed by atoms with Crippen molar-refractivity contribution in [3.63, 3.8) is 0 Å². The highest BCUT2D eigenvalue weighted by Gasteiger charge is 2.14. The molecule has 1 aromatic heterocycles. The number of nitrogens with one attached hydrogen (secondary N) is 1. The molecule has 8 heteroatoms. The van der Waals surface area contributed by atoms with Gasteiger partial charge in [-0.2, -0.15) is 10.1 Å². The van der Waals surface area contributed by atoms with Crippen molar-refractivity contribution in [1.29, 1.82) is 0 Å². The summed E-state index contributed by atoms with van der Waals surface area (Å²) in [6, 6.07) is 6.98. The van der Waals surface area contributed by atoms with Crippen molar-refractivity contribution in [3.05, 3.63) is 40.0 Å². The van der Waals surface area contributed by atoms with Gasteiger partial charge in [-0.1, -0.05) is 15.9 Å². The highest BCUT2D eigenvalue weighted by atomic mass is 79.9. The highest BCUT2D eigenvalue weighted by Crippen LogP contribution is 2.20. The normalized spacial score (nSPS) is 15.0. The molecule has 0 amide bonds. The third kappa shape index (κ3) is 4.21. The van der Waals surface area contributed by atoms with E-state index in [0.717, 1.165) is 23.3 Å². The SMILES string of the molecule is Cc1cc(N/N=C\c2cc(Br)ccc2O)nc(N2CCOCC2)n1. The number of rotatable bonds is 4. The lowest BCUT2D eigenvalue weighted by Crippen LogP contribution is -2.37. The number of hydrogen-bond acceptors (Lipinski definition) is 7. The molecule has 1 saturated heterocycles. The maximum absolute atomic E-state index is 9.81. The molecule has 126 valence electrons. The third-order valence-corrected chi connectivity index (χ3v) is 4.00. The summed E-state index contributed by atoms with van der Waals surface area (Å²) >= 11 is 3.37. The number of morpholine rings is 1. The van der Waals surface area contributed by atoms with Gasteiger partial charge in [0.2, 0.25) is 5.95 Å². The lowest BCUT2D eigenvalue weighted by Gasteiger charge is -2.27. The van der Waals surface area contributed by atoms with Gasteiger partial charge in [0.25, 0.3) is 0 Å². The monoisotopic (exact) mass is 391 g/mol. The Bertz CT molecular complexity index is 747. The smallest absolute Gasteiger partial charge is 0.227 e. The number of aromatic hydroxyl groups is 1. The minimum atomic E-state index is 0.164. The number of hydrazone groups is 1. The molecular weight excluding hydrogens is 374 g/mol. The van der Waals surface area contributed by atoms with E-state index in [-0.39, 0.29) is 5.75 Å². The summed E-state index contributed by atoms with van der Waals surface area (Å²) in [5.74, 6) is 1.44. The molecule has 24 heavy (non-hydrogen) atoms. The number of phenols is 1. The van der Waals surface area contributed by atoms with Crippen LogP contribution >= 0.6 is 15.9 Å². The molecule has 1 aromatic carbocycles. The van der Waals surface area contributed by atoms with E-state index in [1.807, 2.05) is 13.0 Å². The summed E-state index contributed by atoms with van der Waals surface area (Å²) in [4.78, 5) is 11.1. The van der Waals surface area contributed by atoms with E-state index >= 15 is 0 Å². The summed E-state index contributed by atoms with van der Waals surface area (Å²) in [7, 11) is 0. The van der Waals surface area contributed by atoms with Crippen LogP contribution < -0.4 is 10.3 Å². The Kier molecular flexibility index (Phi) is 5.27.